The third kappa shape index (κ3) is 1.64. The first-order valence-corrected chi connectivity index (χ1v) is 4.16. The van der Waals surface area contributed by atoms with Crippen LogP contribution in [0.3, 0.4) is 0 Å². The molecule has 0 amide bonds. The van der Waals surface area contributed by atoms with Gasteiger partial charge in [0.2, 0.25) is 0 Å². The van der Waals surface area contributed by atoms with Crippen molar-refractivity contribution in [1.82, 2.24) is 4.90 Å². The zero-order valence-electron chi connectivity index (χ0n) is 7.44. The molecule has 1 aromatic rings. The summed E-state index contributed by atoms with van der Waals surface area (Å²) >= 11 is 0. The molecule has 0 saturated heterocycles. The average Bonchev–Trinajstić information content (AvgIpc) is 2.53. The van der Waals surface area contributed by atoms with Gasteiger partial charge in [0.05, 0.1) is 6.67 Å². The van der Waals surface area contributed by atoms with E-state index in [1.807, 2.05) is 19.4 Å². The van der Waals surface area contributed by atoms with E-state index >= 15 is 0 Å². The predicted octanol–water partition coefficient (Wildman–Crippen LogP) is 2.01. The topological polar surface area (TPSA) is 6.48 Å². The summed E-state index contributed by atoms with van der Waals surface area (Å²) in [5, 5.41) is 0. The van der Waals surface area contributed by atoms with Crippen molar-refractivity contribution >= 4 is 5.69 Å². The third-order valence-corrected chi connectivity index (χ3v) is 2.03. The zero-order chi connectivity index (χ0) is 9.26. The highest BCUT2D eigenvalue weighted by Crippen LogP contribution is 2.18. The normalized spacial score (nSPS) is 15.5. The Labute approximate surface area is 76.9 Å². The van der Waals surface area contributed by atoms with Crippen LogP contribution < -0.4 is 4.90 Å². The quantitative estimate of drug-likeness (QED) is 0.649. The van der Waals surface area contributed by atoms with Crippen LogP contribution in [0.25, 0.3) is 0 Å². The molecule has 0 radical (unpaired) electrons. The van der Waals surface area contributed by atoms with E-state index in [4.69, 9.17) is 0 Å². The molecule has 0 unspecified atom stereocenters. The summed E-state index contributed by atoms with van der Waals surface area (Å²) in [6, 6.07) is 6.50. The first-order valence-electron chi connectivity index (χ1n) is 4.16. The minimum absolute atomic E-state index is 0.194. The first-order chi connectivity index (χ1) is 6.25. The van der Waals surface area contributed by atoms with E-state index in [1.54, 1.807) is 12.1 Å². The molecular formula is C10H11FN2. The highest BCUT2D eigenvalue weighted by Gasteiger charge is 2.09. The van der Waals surface area contributed by atoms with Crippen molar-refractivity contribution in [2.45, 2.75) is 0 Å². The molecule has 0 spiro atoms. The van der Waals surface area contributed by atoms with Crippen LogP contribution in [0.5, 0.6) is 0 Å². The predicted molar refractivity (Wildman–Crippen MR) is 50.6 cm³/mol. The number of rotatable bonds is 1. The van der Waals surface area contributed by atoms with Crippen molar-refractivity contribution in [3.8, 4) is 0 Å². The van der Waals surface area contributed by atoms with Gasteiger partial charge >= 0.3 is 0 Å². The maximum atomic E-state index is 12.6. The van der Waals surface area contributed by atoms with E-state index in [2.05, 4.69) is 9.80 Å². The highest BCUT2D eigenvalue weighted by atomic mass is 19.1. The van der Waals surface area contributed by atoms with Gasteiger partial charge in [-0.3, -0.25) is 0 Å². The summed E-state index contributed by atoms with van der Waals surface area (Å²) in [5.41, 5.74) is 1.02. The van der Waals surface area contributed by atoms with Gasteiger partial charge in [-0.1, -0.05) is 0 Å². The van der Waals surface area contributed by atoms with Crippen molar-refractivity contribution in [2.75, 3.05) is 18.6 Å². The molecule has 0 bridgehead atoms. The van der Waals surface area contributed by atoms with Crippen molar-refractivity contribution in [3.05, 3.63) is 42.5 Å². The lowest BCUT2D eigenvalue weighted by Gasteiger charge is -2.17. The Kier molecular flexibility index (Phi) is 1.93. The largest absolute Gasteiger partial charge is 0.361 e. The second-order valence-corrected chi connectivity index (χ2v) is 3.14. The molecule has 0 N–H and O–H groups in total. The summed E-state index contributed by atoms with van der Waals surface area (Å²) in [5.74, 6) is -0.194. The van der Waals surface area contributed by atoms with Gasteiger partial charge in [0.1, 0.15) is 5.82 Å². The molecule has 0 aliphatic carbocycles. The van der Waals surface area contributed by atoms with Crippen LogP contribution in [-0.4, -0.2) is 18.6 Å². The minimum Gasteiger partial charge on any atom is -0.361 e. The fourth-order valence-corrected chi connectivity index (χ4v) is 1.33. The molecule has 3 heteroatoms. The molecule has 0 saturated carbocycles. The van der Waals surface area contributed by atoms with Gasteiger partial charge in [0.15, 0.2) is 0 Å². The van der Waals surface area contributed by atoms with Crippen LogP contribution in [0.4, 0.5) is 10.1 Å². The Bertz CT molecular complexity index is 318. The Morgan fingerprint density at radius 3 is 2.38 bits per heavy atom. The average molecular weight is 178 g/mol. The Morgan fingerprint density at radius 1 is 1.15 bits per heavy atom. The monoisotopic (exact) mass is 178 g/mol. The van der Waals surface area contributed by atoms with E-state index in [0.29, 0.717) is 0 Å². The van der Waals surface area contributed by atoms with Gasteiger partial charge in [-0.25, -0.2) is 4.39 Å². The number of halogens is 1. The second kappa shape index (κ2) is 3.09. The Morgan fingerprint density at radius 2 is 1.85 bits per heavy atom. The van der Waals surface area contributed by atoms with Gasteiger partial charge < -0.3 is 9.80 Å². The number of benzene rings is 1. The first kappa shape index (κ1) is 8.10. The molecule has 0 atom stereocenters. The SMILES string of the molecule is CN1C=CN(c2ccc(F)cc2)C1. The molecule has 1 aliphatic heterocycles. The number of hydrogen-bond acceptors (Lipinski definition) is 2. The van der Waals surface area contributed by atoms with E-state index < -0.39 is 0 Å². The van der Waals surface area contributed by atoms with Gasteiger partial charge in [0.25, 0.3) is 0 Å². The van der Waals surface area contributed by atoms with Gasteiger partial charge in [-0.05, 0) is 24.3 Å². The van der Waals surface area contributed by atoms with Crippen molar-refractivity contribution in [3.63, 3.8) is 0 Å². The van der Waals surface area contributed by atoms with E-state index in [9.17, 15) is 4.39 Å². The molecule has 1 heterocycles. The van der Waals surface area contributed by atoms with E-state index in [0.717, 1.165) is 12.4 Å². The number of nitrogens with zero attached hydrogens (tertiary/aromatic N) is 2. The number of anilines is 1. The van der Waals surface area contributed by atoms with E-state index in [1.165, 1.54) is 12.1 Å². The van der Waals surface area contributed by atoms with Crippen LogP contribution in [0.15, 0.2) is 36.7 Å². The lowest BCUT2D eigenvalue weighted by molar-refractivity contribution is 0.495. The maximum absolute atomic E-state index is 12.6. The maximum Gasteiger partial charge on any atom is 0.123 e. The lowest BCUT2D eigenvalue weighted by atomic mass is 10.3. The molecule has 0 fully saturated rings. The smallest absolute Gasteiger partial charge is 0.123 e. The molecule has 13 heavy (non-hydrogen) atoms. The van der Waals surface area contributed by atoms with Gasteiger partial charge in [0, 0.05) is 25.1 Å². The molecular weight excluding hydrogens is 167 g/mol. The zero-order valence-corrected chi connectivity index (χ0v) is 7.44. The van der Waals surface area contributed by atoms with Crippen LogP contribution in [0.1, 0.15) is 0 Å². The lowest BCUT2D eigenvalue weighted by Crippen LogP contribution is -2.21. The summed E-state index contributed by atoms with van der Waals surface area (Å²) in [6.45, 7) is 0.825. The molecule has 0 aromatic heterocycles. The fourth-order valence-electron chi connectivity index (χ4n) is 1.33. The third-order valence-electron chi connectivity index (χ3n) is 2.03. The van der Waals surface area contributed by atoms with Crippen molar-refractivity contribution in [2.24, 2.45) is 0 Å². The molecule has 2 nitrogen and oxygen atoms in total. The highest BCUT2D eigenvalue weighted by molar-refractivity contribution is 5.49. The van der Waals surface area contributed by atoms with Crippen LogP contribution in [-0.2, 0) is 0 Å². The van der Waals surface area contributed by atoms with Gasteiger partial charge in [-0.15, -0.1) is 0 Å². The van der Waals surface area contributed by atoms with Crippen molar-refractivity contribution in [1.29, 1.82) is 0 Å². The summed E-state index contributed by atoms with van der Waals surface area (Å²) in [6.07, 6.45) is 3.97. The summed E-state index contributed by atoms with van der Waals surface area (Å²) < 4.78 is 12.6. The number of hydrogen-bond donors (Lipinski definition) is 0. The minimum atomic E-state index is -0.194. The van der Waals surface area contributed by atoms with Crippen LogP contribution in [0.2, 0.25) is 0 Å². The Hall–Kier alpha value is -1.51. The second-order valence-electron chi connectivity index (χ2n) is 3.14. The fraction of sp³-hybridized carbons (Fsp3) is 0.200. The van der Waals surface area contributed by atoms with Crippen LogP contribution >= 0.6 is 0 Å². The van der Waals surface area contributed by atoms with Crippen molar-refractivity contribution < 1.29 is 4.39 Å². The van der Waals surface area contributed by atoms with Gasteiger partial charge in [-0.2, -0.15) is 0 Å². The van der Waals surface area contributed by atoms with Crippen LogP contribution in [0, 0.1) is 5.82 Å². The molecule has 1 aliphatic rings. The Balaban J connectivity index is 2.18. The molecule has 2 rings (SSSR count). The standard InChI is InChI=1S/C10H11FN2/c1-12-6-7-13(8-12)10-4-2-9(11)3-5-10/h2-7H,8H2,1H3. The summed E-state index contributed by atoms with van der Waals surface area (Å²) in [4.78, 5) is 4.11. The summed E-state index contributed by atoms with van der Waals surface area (Å²) in [7, 11) is 2.00. The molecule has 68 valence electrons. The van der Waals surface area contributed by atoms with E-state index in [-0.39, 0.29) is 5.82 Å². The molecule has 1 aromatic carbocycles.